The van der Waals surface area contributed by atoms with Gasteiger partial charge in [0.1, 0.15) is 11.6 Å². The van der Waals surface area contributed by atoms with Crippen LogP contribution in [0, 0.1) is 0 Å². The summed E-state index contributed by atoms with van der Waals surface area (Å²) in [4.78, 5) is 4.82. The van der Waals surface area contributed by atoms with E-state index in [-0.39, 0.29) is 0 Å². The van der Waals surface area contributed by atoms with Gasteiger partial charge in [-0.15, -0.1) is 0 Å². The van der Waals surface area contributed by atoms with Gasteiger partial charge in [0.2, 0.25) is 0 Å². The average molecular weight is 397 g/mol. The molecule has 4 rings (SSSR count). The molecular formula is C22H18Cl2N2O. The summed E-state index contributed by atoms with van der Waals surface area (Å²) in [5, 5.41) is 1.43. The summed E-state index contributed by atoms with van der Waals surface area (Å²) in [5.74, 6) is 1.77. The highest BCUT2D eigenvalue weighted by atomic mass is 35.5. The Labute approximate surface area is 168 Å². The lowest BCUT2D eigenvalue weighted by atomic mass is 10.2. The van der Waals surface area contributed by atoms with Gasteiger partial charge in [0.15, 0.2) is 0 Å². The van der Waals surface area contributed by atoms with Crippen molar-refractivity contribution in [2.24, 2.45) is 0 Å². The molecule has 136 valence electrons. The van der Waals surface area contributed by atoms with Gasteiger partial charge in [0.25, 0.3) is 0 Å². The predicted molar refractivity (Wildman–Crippen MR) is 112 cm³/mol. The third kappa shape index (κ3) is 4.10. The maximum atomic E-state index is 6.04. The van der Waals surface area contributed by atoms with Crippen molar-refractivity contribution in [2.45, 2.75) is 13.0 Å². The number of para-hydroxylation sites is 2. The molecule has 0 spiro atoms. The molecule has 3 aromatic carbocycles. The highest BCUT2D eigenvalue weighted by Gasteiger charge is 2.12. The minimum atomic E-state index is 0.619. The Morgan fingerprint density at radius 2 is 1.48 bits per heavy atom. The molecular weight excluding hydrogens is 379 g/mol. The molecule has 0 saturated carbocycles. The number of aryl methyl sites for hydroxylation is 1. The molecule has 1 aromatic heterocycles. The van der Waals surface area contributed by atoms with E-state index in [0.29, 0.717) is 11.6 Å². The molecule has 5 heteroatoms. The van der Waals surface area contributed by atoms with Gasteiger partial charge in [0, 0.05) is 22.2 Å². The summed E-state index contributed by atoms with van der Waals surface area (Å²) in [5.41, 5.74) is 3.16. The number of fused-ring (bicyclic) bond motifs is 1. The normalized spacial score (nSPS) is 11.0. The average Bonchev–Trinajstić information content (AvgIpc) is 3.06. The van der Waals surface area contributed by atoms with Crippen LogP contribution in [0.1, 0.15) is 6.42 Å². The molecule has 0 bridgehead atoms. The van der Waals surface area contributed by atoms with Crippen molar-refractivity contribution >= 4 is 34.2 Å². The van der Waals surface area contributed by atoms with E-state index in [4.69, 9.17) is 32.9 Å². The zero-order chi connectivity index (χ0) is 18.6. The third-order valence-electron chi connectivity index (χ3n) is 4.37. The number of ether oxygens (including phenoxy) is 1. The van der Waals surface area contributed by atoms with E-state index in [9.17, 15) is 0 Å². The number of aromatic nitrogens is 2. The Morgan fingerprint density at radius 1 is 0.815 bits per heavy atom. The van der Waals surface area contributed by atoms with Gasteiger partial charge in [-0.25, -0.2) is 4.98 Å². The van der Waals surface area contributed by atoms with E-state index in [1.54, 1.807) is 0 Å². The molecule has 3 nitrogen and oxygen atoms in total. The van der Waals surface area contributed by atoms with Crippen LogP contribution in [0.25, 0.3) is 22.4 Å². The van der Waals surface area contributed by atoms with Gasteiger partial charge in [-0.3, -0.25) is 0 Å². The van der Waals surface area contributed by atoms with Crippen molar-refractivity contribution in [3.63, 3.8) is 0 Å². The van der Waals surface area contributed by atoms with Crippen LogP contribution in [0.2, 0.25) is 10.0 Å². The zero-order valence-corrected chi connectivity index (χ0v) is 16.1. The Balaban J connectivity index is 1.53. The lowest BCUT2D eigenvalue weighted by Gasteiger charge is -2.11. The maximum Gasteiger partial charge on any atom is 0.141 e. The van der Waals surface area contributed by atoms with Crippen molar-refractivity contribution in [1.29, 1.82) is 0 Å². The molecule has 0 N–H and O–H groups in total. The maximum absolute atomic E-state index is 6.04. The Hall–Kier alpha value is -2.49. The Kier molecular flexibility index (Phi) is 5.33. The molecule has 0 atom stereocenters. The van der Waals surface area contributed by atoms with Gasteiger partial charge < -0.3 is 9.30 Å². The van der Waals surface area contributed by atoms with Crippen molar-refractivity contribution in [3.05, 3.63) is 82.8 Å². The van der Waals surface area contributed by atoms with Crippen LogP contribution >= 0.6 is 23.2 Å². The third-order valence-corrected chi connectivity index (χ3v) is 4.87. The highest BCUT2D eigenvalue weighted by molar-refractivity contribution is 6.30. The minimum absolute atomic E-state index is 0.619. The van der Waals surface area contributed by atoms with Crippen molar-refractivity contribution in [3.8, 4) is 17.1 Å². The number of imidazole rings is 1. The second-order valence-corrected chi connectivity index (χ2v) is 7.11. The van der Waals surface area contributed by atoms with Crippen LogP contribution in [0.3, 0.4) is 0 Å². The quantitative estimate of drug-likeness (QED) is 0.348. The smallest absolute Gasteiger partial charge is 0.141 e. The Bertz CT molecular complexity index is 1040. The van der Waals surface area contributed by atoms with E-state index in [1.165, 1.54) is 0 Å². The standard InChI is InChI=1S/C22H18Cl2N2O/c23-17-8-6-16(7-9-17)22-25-20-4-1-2-5-21(20)26(22)14-3-15-27-19-12-10-18(24)11-13-19/h1-2,4-13H,3,14-15H2. The molecule has 4 aromatic rings. The first-order valence-corrected chi connectivity index (χ1v) is 9.56. The number of hydrogen-bond donors (Lipinski definition) is 0. The summed E-state index contributed by atoms with van der Waals surface area (Å²) < 4.78 is 8.06. The van der Waals surface area contributed by atoms with Crippen LogP contribution in [0.4, 0.5) is 0 Å². The number of rotatable bonds is 6. The molecule has 0 radical (unpaired) electrons. The van der Waals surface area contributed by atoms with Gasteiger partial charge in [-0.1, -0.05) is 35.3 Å². The summed E-state index contributed by atoms with van der Waals surface area (Å²) in [6.45, 7) is 1.43. The number of halogens is 2. The monoisotopic (exact) mass is 396 g/mol. The summed E-state index contributed by atoms with van der Waals surface area (Å²) in [6, 6.07) is 23.4. The summed E-state index contributed by atoms with van der Waals surface area (Å²) in [7, 11) is 0. The topological polar surface area (TPSA) is 27.1 Å². The fraction of sp³-hybridized carbons (Fsp3) is 0.136. The second-order valence-electron chi connectivity index (χ2n) is 6.24. The molecule has 0 aliphatic carbocycles. The lowest BCUT2D eigenvalue weighted by Crippen LogP contribution is -2.06. The molecule has 0 aliphatic rings. The first-order chi connectivity index (χ1) is 13.2. The summed E-state index contributed by atoms with van der Waals surface area (Å²) >= 11 is 11.9. The molecule has 1 heterocycles. The van der Waals surface area contributed by atoms with Gasteiger partial charge in [-0.2, -0.15) is 0 Å². The summed E-state index contributed by atoms with van der Waals surface area (Å²) in [6.07, 6.45) is 0.865. The fourth-order valence-corrected chi connectivity index (χ4v) is 3.32. The van der Waals surface area contributed by atoms with Crippen LogP contribution in [0.5, 0.6) is 5.75 Å². The number of hydrogen-bond acceptors (Lipinski definition) is 2. The van der Waals surface area contributed by atoms with Crippen LogP contribution in [0.15, 0.2) is 72.8 Å². The fourth-order valence-electron chi connectivity index (χ4n) is 3.06. The van der Waals surface area contributed by atoms with Crippen molar-refractivity contribution < 1.29 is 4.74 Å². The Morgan fingerprint density at radius 3 is 2.22 bits per heavy atom. The van der Waals surface area contributed by atoms with E-state index in [2.05, 4.69) is 10.6 Å². The molecule has 0 amide bonds. The minimum Gasteiger partial charge on any atom is -0.494 e. The largest absolute Gasteiger partial charge is 0.494 e. The van der Waals surface area contributed by atoms with Crippen molar-refractivity contribution in [2.75, 3.05) is 6.61 Å². The second kappa shape index (κ2) is 8.03. The first-order valence-electron chi connectivity index (χ1n) is 8.80. The van der Waals surface area contributed by atoms with E-state index in [0.717, 1.165) is 46.2 Å². The molecule has 0 unspecified atom stereocenters. The van der Waals surface area contributed by atoms with Gasteiger partial charge in [-0.05, 0) is 67.1 Å². The van der Waals surface area contributed by atoms with Gasteiger partial charge >= 0.3 is 0 Å². The first kappa shape index (κ1) is 17.9. The van der Waals surface area contributed by atoms with E-state index in [1.807, 2.05) is 66.7 Å². The van der Waals surface area contributed by atoms with Crippen LogP contribution in [-0.2, 0) is 6.54 Å². The molecule has 0 saturated heterocycles. The van der Waals surface area contributed by atoms with E-state index >= 15 is 0 Å². The van der Waals surface area contributed by atoms with Crippen molar-refractivity contribution in [1.82, 2.24) is 9.55 Å². The zero-order valence-electron chi connectivity index (χ0n) is 14.6. The number of nitrogens with zero attached hydrogens (tertiary/aromatic N) is 2. The van der Waals surface area contributed by atoms with Crippen LogP contribution < -0.4 is 4.74 Å². The molecule has 0 fully saturated rings. The SMILES string of the molecule is Clc1ccc(OCCCn2c(-c3ccc(Cl)cc3)nc3ccccc32)cc1. The van der Waals surface area contributed by atoms with Gasteiger partial charge in [0.05, 0.1) is 17.6 Å². The highest BCUT2D eigenvalue weighted by Crippen LogP contribution is 2.26. The lowest BCUT2D eigenvalue weighted by molar-refractivity contribution is 0.303. The predicted octanol–water partition coefficient (Wildman–Crippen LogP) is 6.48. The molecule has 0 aliphatic heterocycles. The number of benzene rings is 3. The van der Waals surface area contributed by atoms with E-state index < -0.39 is 0 Å². The molecule has 27 heavy (non-hydrogen) atoms. The van der Waals surface area contributed by atoms with Crippen LogP contribution in [-0.4, -0.2) is 16.2 Å².